The molecule has 0 spiro atoms. The number of carbonyl (C=O) groups is 1. The van der Waals surface area contributed by atoms with Gasteiger partial charge in [0.05, 0.1) is 0 Å². The molecule has 0 bridgehead atoms. The predicted octanol–water partition coefficient (Wildman–Crippen LogP) is 1.68. The second-order valence-corrected chi connectivity index (χ2v) is 1.96. The number of hydrogen-bond donors (Lipinski definition) is 2. The molecule has 0 saturated carbocycles. The Morgan fingerprint density at radius 3 is 1.90 bits per heavy atom. The zero-order valence-electron chi connectivity index (χ0n) is 5.27. The van der Waals surface area contributed by atoms with Gasteiger partial charge >= 0.3 is 0 Å². The Balaban J connectivity index is 0.000000236. The van der Waals surface area contributed by atoms with Crippen LogP contribution in [0.2, 0.25) is 0 Å². The average molecular weight is 156 g/mol. The van der Waals surface area contributed by atoms with Gasteiger partial charge < -0.3 is 5.11 Å². The number of rotatable bonds is 0. The maximum atomic E-state index is 8.36. The van der Waals surface area contributed by atoms with Crippen molar-refractivity contribution < 1.29 is 9.90 Å². The minimum absolute atomic E-state index is 0.250. The molecule has 2 nitrogen and oxygen atoms in total. The zero-order chi connectivity index (χ0) is 7.82. The van der Waals surface area contributed by atoms with Gasteiger partial charge in [-0.3, -0.25) is 4.79 Å². The Hall–Kier alpha value is -0.960. The second kappa shape index (κ2) is 6.16. The highest BCUT2D eigenvalue weighted by atomic mass is 32.1. The van der Waals surface area contributed by atoms with Crippen molar-refractivity contribution in [3.63, 3.8) is 0 Å². The fourth-order valence-electron chi connectivity index (χ4n) is 0.428. The Morgan fingerprint density at radius 2 is 1.70 bits per heavy atom. The van der Waals surface area contributed by atoms with Crippen molar-refractivity contribution in [2.45, 2.75) is 4.90 Å². The first-order chi connectivity index (χ1) is 4.81. The highest BCUT2D eigenvalue weighted by molar-refractivity contribution is 7.80. The third-order valence-corrected chi connectivity index (χ3v) is 1.05. The van der Waals surface area contributed by atoms with E-state index in [1.54, 1.807) is 0 Å². The summed E-state index contributed by atoms with van der Waals surface area (Å²) in [6, 6.07) is 9.79. The van der Waals surface area contributed by atoms with Crippen molar-refractivity contribution >= 4 is 19.1 Å². The Morgan fingerprint density at radius 1 is 1.30 bits per heavy atom. The van der Waals surface area contributed by atoms with E-state index in [4.69, 9.17) is 9.90 Å². The molecule has 0 unspecified atom stereocenters. The van der Waals surface area contributed by atoms with Gasteiger partial charge in [-0.05, 0) is 12.1 Å². The minimum atomic E-state index is -0.250. The van der Waals surface area contributed by atoms with E-state index in [2.05, 4.69) is 12.6 Å². The lowest BCUT2D eigenvalue weighted by Gasteiger charge is -1.81. The van der Waals surface area contributed by atoms with E-state index in [1.807, 2.05) is 30.3 Å². The Bertz CT molecular complexity index is 174. The van der Waals surface area contributed by atoms with Gasteiger partial charge in [-0.1, -0.05) is 18.2 Å². The summed E-state index contributed by atoms with van der Waals surface area (Å²) in [5, 5.41) is 6.89. The first-order valence-electron chi connectivity index (χ1n) is 2.63. The number of benzene rings is 1. The molecule has 1 N–H and O–H groups in total. The van der Waals surface area contributed by atoms with E-state index in [1.165, 1.54) is 0 Å². The maximum absolute atomic E-state index is 8.36. The molecular weight excluding hydrogens is 148 g/mol. The van der Waals surface area contributed by atoms with E-state index in [-0.39, 0.29) is 6.47 Å². The van der Waals surface area contributed by atoms with Gasteiger partial charge in [0.1, 0.15) is 0 Å². The zero-order valence-corrected chi connectivity index (χ0v) is 6.16. The van der Waals surface area contributed by atoms with Crippen LogP contribution < -0.4 is 0 Å². The first kappa shape index (κ1) is 9.04. The van der Waals surface area contributed by atoms with Gasteiger partial charge in [0.2, 0.25) is 0 Å². The van der Waals surface area contributed by atoms with Gasteiger partial charge in [0.25, 0.3) is 6.47 Å². The van der Waals surface area contributed by atoms with Crippen molar-refractivity contribution in [3.8, 4) is 0 Å². The van der Waals surface area contributed by atoms with E-state index < -0.39 is 0 Å². The van der Waals surface area contributed by atoms with E-state index in [0.717, 1.165) is 4.90 Å². The molecule has 0 amide bonds. The molecule has 1 rings (SSSR count). The number of thiol groups is 1. The van der Waals surface area contributed by atoms with Crippen molar-refractivity contribution in [1.29, 1.82) is 0 Å². The molecule has 0 radical (unpaired) electrons. The first-order valence-corrected chi connectivity index (χ1v) is 3.08. The predicted molar refractivity (Wildman–Crippen MR) is 42.4 cm³/mol. The standard InChI is InChI=1S/C6H6S.CH2O2/c7-6-4-2-1-3-5-6;2-1-3/h1-5,7H;1H,(H,2,3). The lowest BCUT2D eigenvalue weighted by Crippen LogP contribution is -1.56. The SMILES string of the molecule is O=CO.Sc1ccccc1. The lowest BCUT2D eigenvalue weighted by molar-refractivity contribution is -0.122. The minimum Gasteiger partial charge on any atom is -0.483 e. The summed E-state index contributed by atoms with van der Waals surface area (Å²) >= 11 is 4.08. The summed E-state index contributed by atoms with van der Waals surface area (Å²) in [5.41, 5.74) is 0. The normalized spacial score (nSPS) is 7.30. The maximum Gasteiger partial charge on any atom is 0.290 e. The molecule has 1 aromatic rings. The average Bonchev–Trinajstić information content (AvgIpc) is 1.91. The van der Waals surface area contributed by atoms with Gasteiger partial charge in [0, 0.05) is 4.90 Å². The van der Waals surface area contributed by atoms with Crippen molar-refractivity contribution in [2.75, 3.05) is 0 Å². The molecule has 1 aromatic carbocycles. The molecule has 10 heavy (non-hydrogen) atoms. The molecule has 0 aliphatic rings. The molecule has 54 valence electrons. The van der Waals surface area contributed by atoms with Crippen LogP contribution in [0.15, 0.2) is 35.2 Å². The molecule has 0 saturated heterocycles. The van der Waals surface area contributed by atoms with Gasteiger partial charge in [0.15, 0.2) is 0 Å². The molecule has 3 heteroatoms. The van der Waals surface area contributed by atoms with E-state index >= 15 is 0 Å². The quantitative estimate of drug-likeness (QED) is 0.443. The van der Waals surface area contributed by atoms with Crippen LogP contribution in [0.25, 0.3) is 0 Å². The molecule has 0 aliphatic carbocycles. The van der Waals surface area contributed by atoms with Gasteiger partial charge in [-0.2, -0.15) is 0 Å². The highest BCUT2D eigenvalue weighted by Gasteiger charge is 1.73. The summed E-state index contributed by atoms with van der Waals surface area (Å²) in [5.74, 6) is 0. The Labute approximate surface area is 64.9 Å². The van der Waals surface area contributed by atoms with Crippen molar-refractivity contribution in [1.82, 2.24) is 0 Å². The monoisotopic (exact) mass is 156 g/mol. The van der Waals surface area contributed by atoms with Crippen LogP contribution in [-0.2, 0) is 4.79 Å². The van der Waals surface area contributed by atoms with Gasteiger partial charge in [-0.15, -0.1) is 12.6 Å². The molecule has 0 aliphatic heterocycles. The number of carboxylic acid groups (broad SMARTS) is 1. The summed E-state index contributed by atoms with van der Waals surface area (Å²) in [4.78, 5) is 9.38. The Kier molecular flexibility index (Phi) is 5.57. The topological polar surface area (TPSA) is 37.3 Å². The van der Waals surface area contributed by atoms with Crippen LogP contribution in [0, 0.1) is 0 Å². The van der Waals surface area contributed by atoms with Crippen LogP contribution in [0.1, 0.15) is 0 Å². The third kappa shape index (κ3) is 5.18. The van der Waals surface area contributed by atoms with Gasteiger partial charge in [-0.25, -0.2) is 0 Å². The van der Waals surface area contributed by atoms with Crippen molar-refractivity contribution in [3.05, 3.63) is 30.3 Å². The number of hydrogen-bond acceptors (Lipinski definition) is 2. The molecular formula is C7H8O2S. The van der Waals surface area contributed by atoms with Crippen LogP contribution in [0.4, 0.5) is 0 Å². The lowest BCUT2D eigenvalue weighted by atomic mass is 10.4. The summed E-state index contributed by atoms with van der Waals surface area (Å²) in [6.45, 7) is -0.250. The second-order valence-electron chi connectivity index (χ2n) is 1.44. The fourth-order valence-corrected chi connectivity index (χ4v) is 0.600. The highest BCUT2D eigenvalue weighted by Crippen LogP contribution is 2.00. The molecule has 0 fully saturated rings. The summed E-state index contributed by atoms with van der Waals surface area (Å²) in [6.07, 6.45) is 0. The largest absolute Gasteiger partial charge is 0.483 e. The summed E-state index contributed by atoms with van der Waals surface area (Å²) in [7, 11) is 0. The third-order valence-electron chi connectivity index (χ3n) is 0.756. The van der Waals surface area contributed by atoms with Crippen molar-refractivity contribution in [2.24, 2.45) is 0 Å². The van der Waals surface area contributed by atoms with Crippen LogP contribution in [-0.4, -0.2) is 11.6 Å². The molecule has 0 atom stereocenters. The molecule has 0 aromatic heterocycles. The van der Waals surface area contributed by atoms with E-state index in [9.17, 15) is 0 Å². The molecule has 0 heterocycles. The fraction of sp³-hybridized carbons (Fsp3) is 0. The van der Waals surface area contributed by atoms with Crippen LogP contribution in [0.5, 0.6) is 0 Å². The van der Waals surface area contributed by atoms with E-state index in [0.29, 0.717) is 0 Å². The summed E-state index contributed by atoms with van der Waals surface area (Å²) < 4.78 is 0. The van der Waals surface area contributed by atoms with Crippen LogP contribution >= 0.6 is 12.6 Å². The smallest absolute Gasteiger partial charge is 0.290 e. The van der Waals surface area contributed by atoms with Crippen LogP contribution in [0.3, 0.4) is 0 Å².